The van der Waals surface area contributed by atoms with Crippen molar-refractivity contribution < 1.29 is 14.6 Å². The monoisotopic (exact) mass is 291 g/mol. The van der Waals surface area contributed by atoms with Crippen LogP contribution in [0.15, 0.2) is 24.5 Å². The van der Waals surface area contributed by atoms with Crippen molar-refractivity contribution in [3.63, 3.8) is 0 Å². The normalized spacial score (nSPS) is 26.1. The number of anilines is 1. The number of ether oxygens (including phenoxy) is 1. The summed E-state index contributed by atoms with van der Waals surface area (Å²) in [5, 5.41) is 9.03. The maximum absolute atomic E-state index is 11.7. The minimum Gasteiger partial charge on any atom is -0.387 e. The molecule has 0 aromatic carbocycles. The van der Waals surface area contributed by atoms with Crippen LogP contribution in [0.5, 0.6) is 0 Å². The first-order valence-electron chi connectivity index (χ1n) is 7.46. The van der Waals surface area contributed by atoms with Crippen LogP contribution in [-0.4, -0.2) is 65.9 Å². The van der Waals surface area contributed by atoms with Gasteiger partial charge in [-0.15, -0.1) is 0 Å². The predicted octanol–water partition coefficient (Wildman–Crippen LogP) is 0.270. The van der Waals surface area contributed by atoms with Gasteiger partial charge in [-0.3, -0.25) is 9.78 Å². The highest BCUT2D eigenvalue weighted by atomic mass is 16.5. The smallest absolute Gasteiger partial charge is 0.248 e. The maximum atomic E-state index is 11.7. The highest BCUT2D eigenvalue weighted by molar-refractivity contribution is 5.77. The van der Waals surface area contributed by atoms with Crippen LogP contribution in [0.25, 0.3) is 0 Å². The van der Waals surface area contributed by atoms with Gasteiger partial charge in [-0.25, -0.2) is 0 Å². The van der Waals surface area contributed by atoms with Gasteiger partial charge in [-0.2, -0.15) is 0 Å². The molecule has 2 atom stereocenters. The lowest BCUT2D eigenvalue weighted by Gasteiger charge is -2.41. The molecule has 2 aliphatic rings. The summed E-state index contributed by atoms with van der Waals surface area (Å²) in [7, 11) is 0. The zero-order valence-electron chi connectivity index (χ0n) is 12.0. The summed E-state index contributed by atoms with van der Waals surface area (Å²) < 4.78 is 5.91. The molecular formula is C15H21N3O3. The maximum Gasteiger partial charge on any atom is 0.248 e. The SMILES string of the molecule is O=C(CO)N1CC[C@@H]2OCCN(c3cccnc3)[C@@H]2CC1. The standard InChI is InChI=1S/C15H21N3O3/c19-11-15(20)17-6-3-13-14(4-7-17)21-9-8-18(13)12-2-1-5-16-10-12/h1-2,5,10,13-14,19H,3-4,6-9,11H2/t13-,14+/m1/s1. The Labute approximate surface area is 124 Å². The molecule has 3 rings (SSSR count). The number of fused-ring (bicyclic) bond motifs is 1. The first kappa shape index (κ1) is 14.3. The fourth-order valence-electron chi connectivity index (χ4n) is 3.27. The Morgan fingerprint density at radius 3 is 3.00 bits per heavy atom. The topological polar surface area (TPSA) is 65.9 Å². The molecule has 0 bridgehead atoms. The highest BCUT2D eigenvalue weighted by Gasteiger charge is 2.35. The number of likely N-dealkylation sites (tertiary alicyclic amines) is 1. The molecule has 0 saturated carbocycles. The van der Waals surface area contributed by atoms with Gasteiger partial charge in [0.1, 0.15) is 6.61 Å². The number of hydrogen-bond acceptors (Lipinski definition) is 5. The summed E-state index contributed by atoms with van der Waals surface area (Å²) in [6.45, 7) is 2.45. The molecule has 3 heterocycles. The molecule has 114 valence electrons. The lowest BCUT2D eigenvalue weighted by molar-refractivity contribution is -0.134. The molecule has 6 nitrogen and oxygen atoms in total. The summed E-state index contributed by atoms with van der Waals surface area (Å²) in [5.41, 5.74) is 1.11. The summed E-state index contributed by atoms with van der Waals surface area (Å²) in [5.74, 6) is -0.193. The van der Waals surface area contributed by atoms with E-state index in [1.165, 1.54) is 0 Å². The van der Waals surface area contributed by atoms with E-state index in [2.05, 4.69) is 16.0 Å². The number of nitrogens with zero attached hydrogens (tertiary/aromatic N) is 3. The molecule has 2 fully saturated rings. The van der Waals surface area contributed by atoms with Crippen LogP contribution in [0, 0.1) is 0 Å². The van der Waals surface area contributed by atoms with Gasteiger partial charge in [0.15, 0.2) is 0 Å². The van der Waals surface area contributed by atoms with Crippen LogP contribution in [0.3, 0.4) is 0 Å². The Morgan fingerprint density at radius 2 is 2.24 bits per heavy atom. The van der Waals surface area contributed by atoms with Crippen molar-refractivity contribution in [2.45, 2.75) is 25.0 Å². The number of aromatic nitrogens is 1. The number of amides is 1. The minimum atomic E-state index is -0.414. The lowest BCUT2D eigenvalue weighted by Crippen LogP contribution is -2.51. The molecule has 1 N–H and O–H groups in total. The number of aliphatic hydroxyl groups is 1. The van der Waals surface area contributed by atoms with Crippen molar-refractivity contribution in [2.24, 2.45) is 0 Å². The van der Waals surface area contributed by atoms with Crippen LogP contribution < -0.4 is 4.90 Å². The van der Waals surface area contributed by atoms with Crippen molar-refractivity contribution in [2.75, 3.05) is 37.7 Å². The number of morpholine rings is 1. The van der Waals surface area contributed by atoms with E-state index >= 15 is 0 Å². The number of pyridine rings is 1. The van der Waals surface area contributed by atoms with Crippen LogP contribution in [-0.2, 0) is 9.53 Å². The van der Waals surface area contributed by atoms with E-state index in [9.17, 15) is 4.79 Å². The van der Waals surface area contributed by atoms with E-state index in [1.807, 2.05) is 12.3 Å². The third-order valence-electron chi connectivity index (χ3n) is 4.34. The summed E-state index contributed by atoms with van der Waals surface area (Å²) in [6, 6.07) is 4.27. The molecule has 1 aromatic rings. The number of aliphatic hydroxyl groups excluding tert-OH is 1. The Bertz CT molecular complexity index is 482. The first-order valence-corrected chi connectivity index (χ1v) is 7.46. The predicted molar refractivity (Wildman–Crippen MR) is 78.0 cm³/mol. The zero-order chi connectivity index (χ0) is 14.7. The van der Waals surface area contributed by atoms with Crippen molar-refractivity contribution in [3.05, 3.63) is 24.5 Å². The lowest BCUT2D eigenvalue weighted by atomic mass is 10.0. The van der Waals surface area contributed by atoms with Gasteiger partial charge < -0.3 is 19.6 Å². The van der Waals surface area contributed by atoms with Gasteiger partial charge in [0.25, 0.3) is 0 Å². The number of carbonyl (C=O) groups is 1. The van der Waals surface area contributed by atoms with Crippen LogP contribution in [0.2, 0.25) is 0 Å². The second kappa shape index (κ2) is 6.41. The van der Waals surface area contributed by atoms with Crippen molar-refractivity contribution >= 4 is 11.6 Å². The van der Waals surface area contributed by atoms with E-state index in [-0.39, 0.29) is 18.1 Å². The van der Waals surface area contributed by atoms with Crippen molar-refractivity contribution in [1.29, 1.82) is 0 Å². The van der Waals surface area contributed by atoms with E-state index < -0.39 is 6.61 Å². The summed E-state index contributed by atoms with van der Waals surface area (Å²) in [4.78, 5) is 20.0. The fourth-order valence-corrected chi connectivity index (χ4v) is 3.27. The van der Waals surface area contributed by atoms with Gasteiger partial charge in [0.05, 0.1) is 30.6 Å². The Morgan fingerprint density at radius 1 is 1.38 bits per heavy atom. The van der Waals surface area contributed by atoms with Crippen molar-refractivity contribution in [1.82, 2.24) is 9.88 Å². The molecule has 1 amide bonds. The quantitative estimate of drug-likeness (QED) is 0.847. The average Bonchev–Trinajstić information content (AvgIpc) is 2.77. The van der Waals surface area contributed by atoms with Crippen LogP contribution in [0.4, 0.5) is 5.69 Å². The third-order valence-corrected chi connectivity index (χ3v) is 4.34. The largest absolute Gasteiger partial charge is 0.387 e. The fraction of sp³-hybridized carbons (Fsp3) is 0.600. The molecule has 0 radical (unpaired) electrons. The summed E-state index contributed by atoms with van der Waals surface area (Å²) in [6.07, 6.45) is 5.45. The molecule has 0 unspecified atom stereocenters. The number of rotatable bonds is 2. The number of carbonyl (C=O) groups excluding carboxylic acids is 1. The molecule has 1 aromatic heterocycles. The number of hydrogen-bond donors (Lipinski definition) is 1. The van der Waals surface area contributed by atoms with Gasteiger partial charge in [0.2, 0.25) is 5.91 Å². The molecule has 21 heavy (non-hydrogen) atoms. The summed E-state index contributed by atoms with van der Waals surface area (Å²) >= 11 is 0. The molecule has 2 saturated heterocycles. The molecule has 2 aliphatic heterocycles. The zero-order valence-corrected chi connectivity index (χ0v) is 12.0. The average molecular weight is 291 g/mol. The third kappa shape index (κ3) is 3.01. The minimum absolute atomic E-state index is 0.135. The van der Waals surface area contributed by atoms with Crippen molar-refractivity contribution in [3.8, 4) is 0 Å². The second-order valence-electron chi connectivity index (χ2n) is 5.50. The molecule has 0 spiro atoms. The molecule has 6 heteroatoms. The highest BCUT2D eigenvalue weighted by Crippen LogP contribution is 2.28. The van der Waals surface area contributed by atoms with Gasteiger partial charge >= 0.3 is 0 Å². The molecule has 0 aliphatic carbocycles. The van der Waals surface area contributed by atoms with Gasteiger partial charge in [-0.1, -0.05) is 0 Å². The van der Waals surface area contributed by atoms with Gasteiger partial charge in [0, 0.05) is 25.8 Å². The van der Waals surface area contributed by atoms with E-state index in [0.29, 0.717) is 19.7 Å². The van der Waals surface area contributed by atoms with E-state index in [4.69, 9.17) is 9.84 Å². The van der Waals surface area contributed by atoms with Gasteiger partial charge in [-0.05, 0) is 25.0 Å². The second-order valence-corrected chi connectivity index (χ2v) is 5.50. The first-order chi connectivity index (χ1) is 10.3. The Balaban J connectivity index is 1.76. The van der Waals surface area contributed by atoms with E-state index in [1.54, 1.807) is 11.1 Å². The van der Waals surface area contributed by atoms with E-state index in [0.717, 1.165) is 25.1 Å². The Hall–Kier alpha value is -1.66. The molecular weight excluding hydrogens is 270 g/mol. The Kier molecular flexibility index (Phi) is 4.36. The van der Waals surface area contributed by atoms with Crippen LogP contribution >= 0.6 is 0 Å². The van der Waals surface area contributed by atoms with Crippen LogP contribution in [0.1, 0.15) is 12.8 Å².